The number of hydrogen-bond donors (Lipinski definition) is 3. The van der Waals surface area contributed by atoms with E-state index < -0.39 is 0 Å². The number of aryl methyl sites for hydroxylation is 1. The van der Waals surface area contributed by atoms with Gasteiger partial charge in [0.05, 0.1) is 12.6 Å². The van der Waals surface area contributed by atoms with E-state index in [1.165, 1.54) is 13.3 Å². The van der Waals surface area contributed by atoms with E-state index >= 15 is 0 Å². The van der Waals surface area contributed by atoms with E-state index in [1.54, 1.807) is 0 Å². The molecule has 3 N–H and O–H groups in total. The van der Waals surface area contributed by atoms with Crippen LogP contribution in [0.1, 0.15) is 56.4 Å². The molecule has 3 rings (SSSR count). The maximum absolute atomic E-state index is 12.3. The van der Waals surface area contributed by atoms with E-state index in [2.05, 4.69) is 30.7 Å². The fourth-order valence-corrected chi connectivity index (χ4v) is 3.26. The number of urea groups is 1. The van der Waals surface area contributed by atoms with Gasteiger partial charge in [-0.05, 0) is 37.5 Å². The van der Waals surface area contributed by atoms with E-state index in [0.717, 1.165) is 43.0 Å². The topological polar surface area (TPSA) is 101 Å². The van der Waals surface area contributed by atoms with Crippen LogP contribution in [0.3, 0.4) is 0 Å². The minimum Gasteiger partial charge on any atom is -0.332 e. The third-order valence-electron chi connectivity index (χ3n) is 4.65. The molecule has 144 valence electrons. The molecule has 3 amide bonds. The van der Waals surface area contributed by atoms with Crippen LogP contribution in [0.5, 0.6) is 0 Å². The molecule has 0 spiro atoms. The zero-order chi connectivity index (χ0) is 19.2. The summed E-state index contributed by atoms with van der Waals surface area (Å²) in [4.78, 5) is 23.5. The van der Waals surface area contributed by atoms with E-state index in [4.69, 9.17) is 0 Å². The predicted molar refractivity (Wildman–Crippen MR) is 102 cm³/mol. The Balaban J connectivity index is 1.55. The molecule has 1 aromatic heterocycles. The van der Waals surface area contributed by atoms with Crippen molar-refractivity contribution in [2.45, 2.75) is 58.7 Å². The molecule has 0 fully saturated rings. The highest BCUT2D eigenvalue weighted by Gasteiger charge is 2.16. The Kier molecular flexibility index (Phi) is 6.05. The number of nitrogens with one attached hydrogen (secondary N) is 3. The van der Waals surface area contributed by atoms with Gasteiger partial charge in [-0.2, -0.15) is 0 Å². The summed E-state index contributed by atoms with van der Waals surface area (Å²) < 4.78 is 2.12. The number of carbonyl (C=O) groups is 2. The number of nitrogens with zero attached hydrogens (tertiary/aromatic N) is 3. The van der Waals surface area contributed by atoms with Gasteiger partial charge in [-0.25, -0.2) is 4.79 Å². The predicted octanol–water partition coefficient (Wildman–Crippen LogP) is 2.52. The highest BCUT2D eigenvalue weighted by molar-refractivity contribution is 5.88. The first kappa shape index (κ1) is 18.9. The highest BCUT2D eigenvalue weighted by Crippen LogP contribution is 2.17. The van der Waals surface area contributed by atoms with Gasteiger partial charge >= 0.3 is 6.03 Å². The number of fused-ring (bicyclic) bond motifs is 1. The van der Waals surface area contributed by atoms with Gasteiger partial charge in [0.15, 0.2) is 5.82 Å². The largest absolute Gasteiger partial charge is 0.332 e. The number of benzene rings is 1. The van der Waals surface area contributed by atoms with Crippen LogP contribution in [0.15, 0.2) is 24.3 Å². The smallest absolute Gasteiger partial charge is 0.315 e. The fraction of sp³-hybridized carbons (Fsp3) is 0.474. The molecule has 0 bridgehead atoms. The summed E-state index contributed by atoms with van der Waals surface area (Å²) in [5.41, 5.74) is 1.62. The second-order valence-corrected chi connectivity index (χ2v) is 6.85. The molecule has 8 nitrogen and oxygen atoms in total. The van der Waals surface area contributed by atoms with Gasteiger partial charge in [0.25, 0.3) is 0 Å². The van der Waals surface area contributed by atoms with Gasteiger partial charge in [-0.15, -0.1) is 10.2 Å². The molecular weight excluding hydrogens is 344 g/mol. The molecule has 0 saturated heterocycles. The van der Waals surface area contributed by atoms with E-state index in [1.807, 2.05) is 31.2 Å². The molecule has 1 aliphatic rings. The molecule has 27 heavy (non-hydrogen) atoms. The summed E-state index contributed by atoms with van der Waals surface area (Å²) in [7, 11) is 0. The second-order valence-electron chi connectivity index (χ2n) is 6.85. The molecule has 2 aromatic rings. The summed E-state index contributed by atoms with van der Waals surface area (Å²) in [5, 5.41) is 17.0. The average molecular weight is 370 g/mol. The van der Waals surface area contributed by atoms with Crippen molar-refractivity contribution in [2.75, 3.05) is 5.32 Å². The third kappa shape index (κ3) is 5.06. The molecule has 1 unspecified atom stereocenters. The van der Waals surface area contributed by atoms with E-state index in [-0.39, 0.29) is 18.0 Å². The van der Waals surface area contributed by atoms with Crippen molar-refractivity contribution in [2.24, 2.45) is 0 Å². The highest BCUT2D eigenvalue weighted by atomic mass is 16.2. The first-order valence-corrected chi connectivity index (χ1v) is 9.36. The number of rotatable bonds is 5. The Bertz CT molecular complexity index is 816. The lowest BCUT2D eigenvalue weighted by atomic mass is 10.1. The summed E-state index contributed by atoms with van der Waals surface area (Å²) >= 11 is 0. The number of amides is 3. The number of anilines is 1. The zero-order valence-electron chi connectivity index (χ0n) is 15.8. The van der Waals surface area contributed by atoms with Crippen LogP contribution >= 0.6 is 0 Å². The van der Waals surface area contributed by atoms with Crippen molar-refractivity contribution >= 4 is 17.6 Å². The van der Waals surface area contributed by atoms with Crippen molar-refractivity contribution in [1.29, 1.82) is 0 Å². The third-order valence-corrected chi connectivity index (χ3v) is 4.65. The maximum Gasteiger partial charge on any atom is 0.315 e. The van der Waals surface area contributed by atoms with Gasteiger partial charge in [0.1, 0.15) is 5.82 Å². The van der Waals surface area contributed by atoms with Crippen LogP contribution in [0.4, 0.5) is 10.5 Å². The van der Waals surface area contributed by atoms with Crippen molar-refractivity contribution in [3.8, 4) is 0 Å². The number of hydrogen-bond acceptors (Lipinski definition) is 4. The Hall–Kier alpha value is -2.90. The van der Waals surface area contributed by atoms with Gasteiger partial charge in [0, 0.05) is 25.6 Å². The molecule has 1 aliphatic heterocycles. The van der Waals surface area contributed by atoms with E-state index in [9.17, 15) is 9.59 Å². The summed E-state index contributed by atoms with van der Waals surface area (Å²) in [5.74, 6) is 1.67. The average Bonchev–Trinajstić information content (AvgIpc) is 2.86. The summed E-state index contributed by atoms with van der Waals surface area (Å²) in [6, 6.07) is 6.96. The van der Waals surface area contributed by atoms with Crippen molar-refractivity contribution in [3.63, 3.8) is 0 Å². The lowest BCUT2D eigenvalue weighted by Crippen LogP contribution is -2.37. The molecule has 2 heterocycles. The standard InChI is InChI=1S/C19H26N6O2/c1-13(15-7-6-8-16(11-15)22-14(2)26)21-19(27)20-12-18-24-23-17-9-4-3-5-10-25(17)18/h6-8,11,13H,3-5,9-10,12H2,1-2H3,(H,22,26)(H2,20,21,27). The van der Waals surface area contributed by atoms with Gasteiger partial charge in [-0.1, -0.05) is 18.6 Å². The summed E-state index contributed by atoms with van der Waals surface area (Å²) in [6.45, 7) is 4.62. The monoisotopic (exact) mass is 370 g/mol. The van der Waals surface area contributed by atoms with Gasteiger partial charge in [0.2, 0.25) is 5.91 Å². The molecule has 1 aromatic carbocycles. The lowest BCUT2D eigenvalue weighted by Gasteiger charge is -2.16. The van der Waals surface area contributed by atoms with Crippen molar-refractivity contribution in [1.82, 2.24) is 25.4 Å². The molecule has 0 aliphatic carbocycles. The molecule has 0 radical (unpaired) electrons. The zero-order valence-corrected chi connectivity index (χ0v) is 15.8. The van der Waals surface area contributed by atoms with Gasteiger partial charge in [-0.3, -0.25) is 4.79 Å². The van der Waals surface area contributed by atoms with E-state index in [0.29, 0.717) is 12.2 Å². The first-order chi connectivity index (χ1) is 13.0. The Morgan fingerprint density at radius 3 is 2.89 bits per heavy atom. The normalized spacial score (nSPS) is 14.6. The fourth-order valence-electron chi connectivity index (χ4n) is 3.26. The van der Waals surface area contributed by atoms with Crippen LogP contribution in [0.2, 0.25) is 0 Å². The second kappa shape index (κ2) is 8.66. The molecule has 0 saturated carbocycles. The van der Waals surface area contributed by atoms with Crippen molar-refractivity contribution < 1.29 is 9.59 Å². The Morgan fingerprint density at radius 1 is 1.22 bits per heavy atom. The van der Waals surface area contributed by atoms with Crippen LogP contribution in [-0.4, -0.2) is 26.7 Å². The number of carbonyl (C=O) groups excluding carboxylic acids is 2. The quantitative estimate of drug-likeness (QED) is 0.753. The minimum atomic E-state index is -0.265. The Morgan fingerprint density at radius 2 is 2.07 bits per heavy atom. The molecular formula is C19H26N6O2. The molecule has 8 heteroatoms. The van der Waals surface area contributed by atoms with Crippen LogP contribution in [-0.2, 0) is 24.3 Å². The van der Waals surface area contributed by atoms with Crippen LogP contribution in [0.25, 0.3) is 0 Å². The lowest BCUT2D eigenvalue weighted by molar-refractivity contribution is -0.114. The number of aromatic nitrogens is 3. The molecule has 1 atom stereocenters. The SMILES string of the molecule is CC(=O)Nc1cccc(C(C)NC(=O)NCc2nnc3n2CCCCC3)c1. The maximum atomic E-state index is 12.3. The Labute approximate surface area is 158 Å². The minimum absolute atomic E-state index is 0.127. The first-order valence-electron chi connectivity index (χ1n) is 9.36. The van der Waals surface area contributed by atoms with Crippen molar-refractivity contribution in [3.05, 3.63) is 41.5 Å². The van der Waals surface area contributed by atoms with Crippen LogP contribution < -0.4 is 16.0 Å². The van der Waals surface area contributed by atoms with Crippen LogP contribution in [0, 0.1) is 0 Å². The summed E-state index contributed by atoms with van der Waals surface area (Å²) in [6.07, 6.45) is 4.40. The van der Waals surface area contributed by atoms with Gasteiger partial charge < -0.3 is 20.5 Å².